The standard InChI is InChI=1S/C20H26N4O3/c1-12(2)23(20(26)27)19-8-14(4)24(15(5)25)18-7-6-16(9-17(18)19)22-10-13(3)21-11-22/h6-7,9-12,14,19H,8H2,1-5H3,(H,26,27)/t14-,19+/m0/s1. The van der Waals surface area contributed by atoms with Gasteiger partial charge in [0.05, 0.1) is 18.1 Å². The molecule has 0 saturated heterocycles. The van der Waals surface area contributed by atoms with Crippen molar-refractivity contribution in [2.24, 2.45) is 0 Å². The molecule has 144 valence electrons. The zero-order valence-corrected chi connectivity index (χ0v) is 16.4. The summed E-state index contributed by atoms with van der Waals surface area (Å²) < 4.78 is 1.91. The summed E-state index contributed by atoms with van der Waals surface area (Å²) >= 11 is 0. The molecule has 0 fully saturated rings. The van der Waals surface area contributed by atoms with Crippen molar-refractivity contribution in [3.05, 3.63) is 42.0 Å². The minimum absolute atomic E-state index is 0.0418. The van der Waals surface area contributed by atoms with Crippen LogP contribution in [0.15, 0.2) is 30.7 Å². The SMILES string of the molecule is CC(=O)N1c2ccc(-n3cnc(C)c3)cc2[C@H](N(C(=O)O)C(C)C)C[C@@H]1C. The van der Waals surface area contributed by atoms with Crippen LogP contribution in [0.4, 0.5) is 10.5 Å². The second kappa shape index (κ2) is 7.06. The zero-order chi connectivity index (χ0) is 19.9. The number of aromatic nitrogens is 2. The third-order valence-electron chi connectivity index (χ3n) is 5.10. The lowest BCUT2D eigenvalue weighted by Crippen LogP contribution is -2.48. The van der Waals surface area contributed by atoms with Gasteiger partial charge in [-0.25, -0.2) is 9.78 Å². The fourth-order valence-corrected chi connectivity index (χ4v) is 4.00. The topological polar surface area (TPSA) is 78.7 Å². The molecule has 0 aliphatic carbocycles. The van der Waals surface area contributed by atoms with Gasteiger partial charge in [0.25, 0.3) is 0 Å². The van der Waals surface area contributed by atoms with Crippen LogP contribution in [-0.2, 0) is 4.79 Å². The van der Waals surface area contributed by atoms with Crippen LogP contribution in [0, 0.1) is 6.92 Å². The number of aryl methyl sites for hydroxylation is 1. The van der Waals surface area contributed by atoms with E-state index < -0.39 is 6.09 Å². The number of rotatable bonds is 3. The molecular weight excluding hydrogens is 344 g/mol. The van der Waals surface area contributed by atoms with E-state index in [2.05, 4.69) is 4.98 Å². The summed E-state index contributed by atoms with van der Waals surface area (Å²) in [6.45, 7) is 9.18. The van der Waals surface area contributed by atoms with E-state index in [4.69, 9.17) is 0 Å². The second-order valence-electron chi connectivity index (χ2n) is 7.44. The maximum atomic E-state index is 12.3. The van der Waals surface area contributed by atoms with Gasteiger partial charge < -0.3 is 14.6 Å². The molecular formula is C20H26N4O3. The lowest BCUT2D eigenvalue weighted by atomic mass is 9.89. The third-order valence-corrected chi connectivity index (χ3v) is 5.10. The molecule has 0 radical (unpaired) electrons. The number of fused-ring (bicyclic) bond motifs is 1. The minimum Gasteiger partial charge on any atom is -0.465 e. The Labute approximate surface area is 159 Å². The van der Waals surface area contributed by atoms with Crippen molar-refractivity contribution in [2.75, 3.05) is 4.90 Å². The van der Waals surface area contributed by atoms with Crippen LogP contribution in [0.25, 0.3) is 5.69 Å². The molecule has 2 atom stereocenters. The first-order valence-corrected chi connectivity index (χ1v) is 9.16. The quantitative estimate of drug-likeness (QED) is 0.892. The summed E-state index contributed by atoms with van der Waals surface area (Å²) in [6.07, 6.45) is 3.26. The lowest BCUT2D eigenvalue weighted by Gasteiger charge is -2.43. The van der Waals surface area contributed by atoms with Gasteiger partial charge in [-0.15, -0.1) is 0 Å². The van der Waals surface area contributed by atoms with Crippen LogP contribution < -0.4 is 4.90 Å². The van der Waals surface area contributed by atoms with E-state index in [1.165, 1.54) is 4.90 Å². The Bertz CT molecular complexity index is 874. The highest BCUT2D eigenvalue weighted by molar-refractivity contribution is 5.94. The minimum atomic E-state index is -0.951. The number of benzene rings is 1. The molecule has 2 amide bonds. The normalized spacial score (nSPS) is 19.1. The van der Waals surface area contributed by atoms with Gasteiger partial charge in [-0.2, -0.15) is 0 Å². The smallest absolute Gasteiger partial charge is 0.408 e. The molecule has 1 aromatic carbocycles. The highest BCUT2D eigenvalue weighted by Crippen LogP contribution is 2.42. The predicted octanol–water partition coefficient (Wildman–Crippen LogP) is 3.76. The van der Waals surface area contributed by atoms with Gasteiger partial charge >= 0.3 is 6.09 Å². The van der Waals surface area contributed by atoms with E-state index >= 15 is 0 Å². The molecule has 0 saturated carbocycles. The Morgan fingerprint density at radius 3 is 2.56 bits per heavy atom. The number of carboxylic acid groups (broad SMARTS) is 1. The molecule has 7 heteroatoms. The number of amides is 2. The van der Waals surface area contributed by atoms with Crippen molar-refractivity contribution in [3.8, 4) is 5.69 Å². The van der Waals surface area contributed by atoms with Crippen LogP contribution in [0.1, 0.15) is 51.4 Å². The summed E-state index contributed by atoms with van der Waals surface area (Å²) in [4.78, 5) is 31.7. The van der Waals surface area contributed by atoms with Crippen molar-refractivity contribution < 1.29 is 14.7 Å². The van der Waals surface area contributed by atoms with Gasteiger partial charge in [0, 0.05) is 42.1 Å². The van der Waals surface area contributed by atoms with Gasteiger partial charge in [0.2, 0.25) is 5.91 Å². The van der Waals surface area contributed by atoms with Crippen LogP contribution in [0.2, 0.25) is 0 Å². The molecule has 1 aromatic heterocycles. The van der Waals surface area contributed by atoms with Crippen molar-refractivity contribution in [1.29, 1.82) is 0 Å². The fourth-order valence-electron chi connectivity index (χ4n) is 4.00. The van der Waals surface area contributed by atoms with E-state index in [9.17, 15) is 14.7 Å². The maximum absolute atomic E-state index is 12.3. The molecule has 1 aliphatic heterocycles. The molecule has 0 spiro atoms. The van der Waals surface area contributed by atoms with E-state index in [0.717, 1.165) is 22.6 Å². The predicted molar refractivity (Wildman–Crippen MR) is 103 cm³/mol. The Balaban J connectivity index is 2.17. The second-order valence-corrected chi connectivity index (χ2v) is 7.44. The first kappa shape index (κ1) is 18.9. The molecule has 3 rings (SSSR count). The van der Waals surface area contributed by atoms with E-state index in [1.807, 2.05) is 56.7 Å². The third kappa shape index (κ3) is 3.41. The number of imidazole rings is 1. The number of hydrogen-bond donors (Lipinski definition) is 1. The number of nitrogens with zero attached hydrogens (tertiary/aromatic N) is 4. The lowest BCUT2D eigenvalue weighted by molar-refractivity contribution is -0.117. The monoisotopic (exact) mass is 370 g/mol. The Kier molecular flexibility index (Phi) is 4.95. The maximum Gasteiger partial charge on any atom is 0.408 e. The van der Waals surface area contributed by atoms with Crippen LogP contribution >= 0.6 is 0 Å². The molecule has 2 aromatic rings. The summed E-state index contributed by atoms with van der Waals surface area (Å²) in [5.41, 5.74) is 3.42. The average molecular weight is 370 g/mol. The molecule has 2 heterocycles. The van der Waals surface area contributed by atoms with E-state index in [0.29, 0.717) is 6.42 Å². The Morgan fingerprint density at radius 2 is 2.04 bits per heavy atom. The molecule has 1 aliphatic rings. The van der Waals surface area contributed by atoms with Crippen molar-refractivity contribution in [3.63, 3.8) is 0 Å². The van der Waals surface area contributed by atoms with Crippen molar-refractivity contribution in [1.82, 2.24) is 14.5 Å². The Hall–Kier alpha value is -2.83. The largest absolute Gasteiger partial charge is 0.465 e. The molecule has 1 N–H and O–H groups in total. The van der Waals surface area contributed by atoms with Crippen LogP contribution in [0.5, 0.6) is 0 Å². The summed E-state index contributed by atoms with van der Waals surface area (Å²) in [5.74, 6) is -0.0418. The molecule has 0 bridgehead atoms. The number of hydrogen-bond acceptors (Lipinski definition) is 3. The first-order chi connectivity index (χ1) is 12.7. The van der Waals surface area contributed by atoms with Gasteiger partial charge in [-0.05, 0) is 52.3 Å². The summed E-state index contributed by atoms with van der Waals surface area (Å²) in [5, 5.41) is 9.80. The molecule has 27 heavy (non-hydrogen) atoms. The van der Waals surface area contributed by atoms with Crippen LogP contribution in [-0.4, -0.2) is 43.6 Å². The average Bonchev–Trinajstić information content (AvgIpc) is 3.00. The fraction of sp³-hybridized carbons (Fsp3) is 0.450. The Morgan fingerprint density at radius 1 is 1.33 bits per heavy atom. The highest BCUT2D eigenvalue weighted by atomic mass is 16.4. The first-order valence-electron chi connectivity index (χ1n) is 9.16. The highest BCUT2D eigenvalue weighted by Gasteiger charge is 2.38. The van der Waals surface area contributed by atoms with Crippen LogP contribution in [0.3, 0.4) is 0 Å². The van der Waals surface area contributed by atoms with Gasteiger partial charge in [-0.1, -0.05) is 0 Å². The van der Waals surface area contributed by atoms with Crippen molar-refractivity contribution >= 4 is 17.7 Å². The number of anilines is 1. The molecule has 7 nitrogen and oxygen atoms in total. The molecule has 0 unspecified atom stereocenters. The van der Waals surface area contributed by atoms with Gasteiger partial charge in [-0.3, -0.25) is 9.69 Å². The number of carbonyl (C=O) groups is 2. The number of carbonyl (C=O) groups excluding carboxylic acids is 1. The van der Waals surface area contributed by atoms with Crippen molar-refractivity contribution in [2.45, 2.75) is 59.2 Å². The summed E-state index contributed by atoms with van der Waals surface area (Å²) in [6, 6.07) is 5.25. The van der Waals surface area contributed by atoms with Gasteiger partial charge in [0.1, 0.15) is 0 Å². The van der Waals surface area contributed by atoms with E-state index in [1.54, 1.807) is 18.2 Å². The van der Waals surface area contributed by atoms with Gasteiger partial charge in [0.15, 0.2) is 0 Å². The summed E-state index contributed by atoms with van der Waals surface area (Å²) in [7, 11) is 0. The van der Waals surface area contributed by atoms with E-state index in [-0.39, 0.29) is 24.0 Å². The zero-order valence-electron chi connectivity index (χ0n) is 16.4.